The smallest absolute Gasteiger partial charge is 0.341 e. The van der Waals surface area contributed by atoms with Crippen LogP contribution in [-0.2, 0) is 11.2 Å². The zero-order valence-electron chi connectivity index (χ0n) is 10.5. The standard InChI is InChI=1S/C12H14ClN3O4/c13-6-7-16(15-20)12(19)14-10(11(17)18)8-9-4-2-1-3-5-9/h1-5,10H,6-8H2,(H,14,19)(H,17,18)/t10-/m0/s1. The summed E-state index contributed by atoms with van der Waals surface area (Å²) in [6.07, 6.45) is 0.107. The summed E-state index contributed by atoms with van der Waals surface area (Å²) in [6.45, 7) is -0.0887. The molecule has 0 fully saturated rings. The molecule has 0 saturated heterocycles. The van der Waals surface area contributed by atoms with Crippen molar-refractivity contribution in [2.24, 2.45) is 5.29 Å². The van der Waals surface area contributed by atoms with Crippen LogP contribution >= 0.6 is 11.6 Å². The Morgan fingerprint density at radius 3 is 2.50 bits per heavy atom. The van der Waals surface area contributed by atoms with E-state index in [1.807, 2.05) is 0 Å². The summed E-state index contributed by atoms with van der Waals surface area (Å²) in [6, 6.07) is 6.79. The van der Waals surface area contributed by atoms with Crippen LogP contribution in [0.15, 0.2) is 35.6 Å². The quantitative estimate of drug-likeness (QED) is 0.454. The zero-order valence-corrected chi connectivity index (χ0v) is 11.3. The van der Waals surface area contributed by atoms with Crippen molar-refractivity contribution in [3.05, 3.63) is 40.8 Å². The van der Waals surface area contributed by atoms with Crippen LogP contribution in [0.4, 0.5) is 4.79 Å². The van der Waals surface area contributed by atoms with E-state index in [4.69, 9.17) is 16.7 Å². The number of rotatable bonds is 7. The molecule has 0 saturated carbocycles. The van der Waals surface area contributed by atoms with Gasteiger partial charge in [0.2, 0.25) is 0 Å². The fraction of sp³-hybridized carbons (Fsp3) is 0.333. The first-order chi connectivity index (χ1) is 9.58. The molecule has 0 aliphatic carbocycles. The van der Waals surface area contributed by atoms with E-state index < -0.39 is 18.0 Å². The molecule has 108 valence electrons. The fourth-order valence-corrected chi connectivity index (χ4v) is 1.69. The summed E-state index contributed by atoms with van der Waals surface area (Å²) in [7, 11) is 0. The lowest BCUT2D eigenvalue weighted by Gasteiger charge is -2.18. The molecule has 7 nitrogen and oxygen atoms in total. The van der Waals surface area contributed by atoms with Gasteiger partial charge in [-0.1, -0.05) is 30.3 Å². The number of hydrogen-bond acceptors (Lipinski definition) is 4. The van der Waals surface area contributed by atoms with Gasteiger partial charge in [-0.2, -0.15) is 5.01 Å². The predicted molar refractivity (Wildman–Crippen MR) is 73.3 cm³/mol. The van der Waals surface area contributed by atoms with Crippen LogP contribution in [0.25, 0.3) is 0 Å². The highest BCUT2D eigenvalue weighted by Crippen LogP contribution is 2.04. The summed E-state index contributed by atoms with van der Waals surface area (Å²) in [5, 5.41) is 14.4. The van der Waals surface area contributed by atoms with Crippen molar-refractivity contribution in [2.75, 3.05) is 12.4 Å². The first-order valence-corrected chi connectivity index (χ1v) is 6.36. The van der Waals surface area contributed by atoms with Crippen molar-refractivity contribution < 1.29 is 14.7 Å². The molecule has 0 aromatic heterocycles. The minimum Gasteiger partial charge on any atom is -0.480 e. The Balaban J connectivity index is 2.70. The van der Waals surface area contributed by atoms with Crippen LogP contribution in [0, 0.1) is 4.91 Å². The monoisotopic (exact) mass is 299 g/mol. The number of benzene rings is 1. The number of halogens is 1. The molecular formula is C12H14ClN3O4. The number of nitrogens with one attached hydrogen (secondary N) is 1. The van der Waals surface area contributed by atoms with E-state index in [2.05, 4.69) is 10.6 Å². The maximum Gasteiger partial charge on any atom is 0.341 e. The minimum absolute atomic E-state index is 0.0234. The topological polar surface area (TPSA) is 99.1 Å². The van der Waals surface area contributed by atoms with Gasteiger partial charge in [-0.3, -0.25) is 0 Å². The van der Waals surface area contributed by atoms with Crippen molar-refractivity contribution in [1.82, 2.24) is 10.3 Å². The minimum atomic E-state index is -1.20. The highest BCUT2D eigenvalue weighted by molar-refractivity contribution is 6.18. The Morgan fingerprint density at radius 1 is 1.35 bits per heavy atom. The lowest BCUT2D eigenvalue weighted by atomic mass is 10.1. The molecule has 0 radical (unpaired) electrons. The van der Waals surface area contributed by atoms with E-state index in [9.17, 15) is 14.5 Å². The molecule has 20 heavy (non-hydrogen) atoms. The summed E-state index contributed by atoms with van der Waals surface area (Å²) in [5.41, 5.74) is 0.753. The zero-order chi connectivity index (χ0) is 15.0. The SMILES string of the molecule is O=NN(CCCl)C(=O)N[C@@H](Cc1ccccc1)C(=O)O. The van der Waals surface area contributed by atoms with E-state index in [0.717, 1.165) is 5.56 Å². The van der Waals surface area contributed by atoms with Gasteiger partial charge < -0.3 is 10.4 Å². The van der Waals surface area contributed by atoms with Crippen LogP contribution in [-0.4, -0.2) is 40.6 Å². The van der Waals surface area contributed by atoms with Crippen molar-refractivity contribution >= 4 is 23.6 Å². The number of carboxylic acid groups (broad SMARTS) is 1. The molecule has 0 aliphatic heterocycles. The summed E-state index contributed by atoms with van der Waals surface area (Å²) in [5.74, 6) is -1.17. The third-order valence-electron chi connectivity index (χ3n) is 2.51. The van der Waals surface area contributed by atoms with Crippen molar-refractivity contribution in [1.29, 1.82) is 0 Å². The number of carbonyl (C=O) groups is 2. The van der Waals surface area contributed by atoms with Gasteiger partial charge in [0.15, 0.2) is 0 Å². The van der Waals surface area contributed by atoms with E-state index in [1.165, 1.54) is 0 Å². The highest BCUT2D eigenvalue weighted by Gasteiger charge is 2.23. The Kier molecular flexibility index (Phi) is 6.45. The number of aliphatic carboxylic acids is 1. The first-order valence-electron chi connectivity index (χ1n) is 5.82. The van der Waals surface area contributed by atoms with Crippen molar-refractivity contribution in [3.63, 3.8) is 0 Å². The van der Waals surface area contributed by atoms with Gasteiger partial charge in [0.05, 0.1) is 11.8 Å². The second kappa shape index (κ2) is 8.11. The van der Waals surface area contributed by atoms with Crippen LogP contribution in [0.1, 0.15) is 5.56 Å². The number of nitroso groups, excluding NO2 is 1. The molecule has 1 rings (SSSR count). The molecule has 0 unspecified atom stereocenters. The number of urea groups is 1. The van der Waals surface area contributed by atoms with E-state index in [-0.39, 0.29) is 18.8 Å². The third-order valence-corrected chi connectivity index (χ3v) is 2.68. The summed E-state index contributed by atoms with van der Waals surface area (Å²) >= 11 is 5.41. The molecular weight excluding hydrogens is 286 g/mol. The van der Waals surface area contributed by atoms with Crippen LogP contribution in [0.2, 0.25) is 0 Å². The Labute approximate surface area is 120 Å². The molecule has 1 aromatic carbocycles. The first kappa shape index (κ1) is 15.9. The number of alkyl halides is 1. The number of amides is 2. The lowest BCUT2D eigenvalue weighted by Crippen LogP contribution is -2.47. The number of hydrogen-bond donors (Lipinski definition) is 2. The third kappa shape index (κ3) is 4.85. The maximum absolute atomic E-state index is 11.7. The van der Waals surface area contributed by atoms with Crippen LogP contribution < -0.4 is 5.32 Å². The van der Waals surface area contributed by atoms with Gasteiger partial charge in [-0.15, -0.1) is 16.5 Å². The normalized spacial score (nSPS) is 11.4. The van der Waals surface area contributed by atoms with Gasteiger partial charge in [0, 0.05) is 12.3 Å². The van der Waals surface area contributed by atoms with Gasteiger partial charge in [0.25, 0.3) is 0 Å². The Bertz CT molecular complexity index is 469. The second-order valence-electron chi connectivity index (χ2n) is 3.92. The number of nitrogens with zero attached hydrogens (tertiary/aromatic N) is 2. The van der Waals surface area contributed by atoms with Gasteiger partial charge in [0.1, 0.15) is 6.04 Å². The van der Waals surface area contributed by atoms with E-state index in [0.29, 0.717) is 5.01 Å². The molecule has 1 atom stereocenters. The van der Waals surface area contributed by atoms with Crippen molar-refractivity contribution in [2.45, 2.75) is 12.5 Å². The average Bonchev–Trinajstić information content (AvgIpc) is 2.44. The molecule has 0 spiro atoms. The maximum atomic E-state index is 11.7. The average molecular weight is 300 g/mol. The summed E-state index contributed by atoms with van der Waals surface area (Å²) in [4.78, 5) is 33.3. The Hall–Kier alpha value is -2.15. The largest absolute Gasteiger partial charge is 0.480 e. The van der Waals surface area contributed by atoms with Crippen molar-refractivity contribution in [3.8, 4) is 0 Å². The second-order valence-corrected chi connectivity index (χ2v) is 4.30. The van der Waals surface area contributed by atoms with Gasteiger partial charge in [-0.05, 0) is 5.56 Å². The summed E-state index contributed by atoms with van der Waals surface area (Å²) < 4.78 is 0. The van der Waals surface area contributed by atoms with Crippen LogP contribution in [0.5, 0.6) is 0 Å². The van der Waals surface area contributed by atoms with Gasteiger partial charge in [-0.25, -0.2) is 9.59 Å². The highest BCUT2D eigenvalue weighted by atomic mass is 35.5. The number of carbonyl (C=O) groups excluding carboxylic acids is 1. The number of carboxylic acids is 1. The molecule has 1 aromatic rings. The molecule has 0 bridgehead atoms. The molecule has 0 aliphatic rings. The van der Waals surface area contributed by atoms with Gasteiger partial charge >= 0.3 is 12.0 Å². The molecule has 0 heterocycles. The fourth-order valence-electron chi connectivity index (χ4n) is 1.53. The van der Waals surface area contributed by atoms with E-state index in [1.54, 1.807) is 30.3 Å². The predicted octanol–water partition coefficient (Wildman–Crippen LogP) is 1.61. The van der Waals surface area contributed by atoms with Crippen LogP contribution in [0.3, 0.4) is 0 Å². The molecule has 2 N–H and O–H groups in total. The molecule has 8 heteroatoms. The molecule has 2 amide bonds. The Morgan fingerprint density at radius 2 is 2.00 bits per heavy atom. The lowest BCUT2D eigenvalue weighted by molar-refractivity contribution is -0.139. The van der Waals surface area contributed by atoms with E-state index >= 15 is 0 Å².